The molecular formula is C22H35N2O5+. The number of carbonyl (C=O) groups excluding carboxylic acids is 2. The Kier molecular flexibility index (Phi) is 5.64. The Balaban J connectivity index is 1.44. The number of ether oxygens (including phenoxy) is 2. The van der Waals surface area contributed by atoms with E-state index in [1.54, 1.807) is 4.90 Å². The zero-order chi connectivity index (χ0) is 20.8. The fourth-order valence-corrected chi connectivity index (χ4v) is 6.03. The van der Waals surface area contributed by atoms with Crippen molar-refractivity contribution in [3.63, 3.8) is 0 Å². The summed E-state index contributed by atoms with van der Waals surface area (Å²) in [5.74, 6) is -0.169. The summed E-state index contributed by atoms with van der Waals surface area (Å²) in [5, 5.41) is 11.4. The minimum atomic E-state index is -0.556. The van der Waals surface area contributed by atoms with Crippen molar-refractivity contribution in [2.75, 3.05) is 39.3 Å². The predicted octanol–water partition coefficient (Wildman–Crippen LogP) is 0.628. The number of esters is 1. The van der Waals surface area contributed by atoms with Crippen LogP contribution in [-0.2, 0) is 14.3 Å². The minimum absolute atomic E-state index is 0.138. The number of nitrogens with zero attached hydrogens (tertiary/aromatic N) is 1. The molecular weight excluding hydrogens is 372 g/mol. The molecule has 0 aromatic rings. The monoisotopic (exact) mass is 407 g/mol. The van der Waals surface area contributed by atoms with E-state index in [0.29, 0.717) is 32.2 Å². The van der Waals surface area contributed by atoms with Crippen molar-refractivity contribution in [3.8, 4) is 0 Å². The molecule has 2 aliphatic heterocycles. The van der Waals surface area contributed by atoms with E-state index in [-0.39, 0.29) is 35.4 Å². The second-order valence-electron chi connectivity index (χ2n) is 9.44. The van der Waals surface area contributed by atoms with E-state index in [4.69, 9.17) is 9.47 Å². The molecule has 4 rings (SSSR count). The number of quaternary nitrogens is 1. The van der Waals surface area contributed by atoms with Crippen LogP contribution in [-0.4, -0.2) is 73.6 Å². The summed E-state index contributed by atoms with van der Waals surface area (Å²) in [7, 11) is 0. The predicted molar refractivity (Wildman–Crippen MR) is 106 cm³/mol. The van der Waals surface area contributed by atoms with Gasteiger partial charge >= 0.3 is 12.1 Å². The molecule has 0 aromatic heterocycles. The summed E-state index contributed by atoms with van der Waals surface area (Å²) >= 11 is 0. The maximum Gasteiger partial charge on any atom is 0.410 e. The van der Waals surface area contributed by atoms with Crippen LogP contribution >= 0.6 is 0 Å². The van der Waals surface area contributed by atoms with Crippen LogP contribution in [0.25, 0.3) is 0 Å². The van der Waals surface area contributed by atoms with Gasteiger partial charge in [0.1, 0.15) is 12.0 Å². The molecule has 0 unspecified atom stereocenters. The second-order valence-corrected chi connectivity index (χ2v) is 9.44. The summed E-state index contributed by atoms with van der Waals surface area (Å²) in [6, 6.07) is 0. The van der Waals surface area contributed by atoms with Crippen molar-refractivity contribution in [1.82, 2.24) is 4.90 Å². The number of nitrogens with one attached hydrogen (secondary N) is 1. The Labute approximate surface area is 173 Å². The maximum absolute atomic E-state index is 12.8. The number of rotatable bonds is 3. The van der Waals surface area contributed by atoms with Crippen LogP contribution in [0.5, 0.6) is 0 Å². The molecule has 29 heavy (non-hydrogen) atoms. The Morgan fingerprint density at radius 1 is 1.41 bits per heavy atom. The molecule has 1 amide bonds. The zero-order valence-corrected chi connectivity index (χ0v) is 17.9. The van der Waals surface area contributed by atoms with Gasteiger partial charge < -0.3 is 19.5 Å². The standard InChI is InChI=1S/C22H34N2O5/c1-4-28-21(27)24-10-8-23(9-11-24)13-16-18-17(29-20(16)26)12-15-7-5-6-14(2)22(15,3)19(18)25/h7,14,16-19,25H,4-6,8-13H2,1-3H3/p+1/t14-,16+,17+,18-,19-,22+/m1/s1. The van der Waals surface area contributed by atoms with Crippen molar-refractivity contribution >= 4 is 12.1 Å². The fraction of sp³-hybridized carbons (Fsp3) is 0.818. The SMILES string of the molecule is CCOC(=O)N1CC[NH+](C[C@@H]2C(=O)O[C@H]3CC4=CCC[C@@H](C)[C@]4(C)[C@H](O)[C@@H]32)CC1. The largest absolute Gasteiger partial charge is 0.461 e. The van der Waals surface area contributed by atoms with E-state index in [9.17, 15) is 14.7 Å². The van der Waals surface area contributed by atoms with E-state index < -0.39 is 6.10 Å². The molecule has 4 aliphatic rings. The number of amides is 1. The van der Waals surface area contributed by atoms with Crippen LogP contribution in [0.2, 0.25) is 0 Å². The third-order valence-electron chi connectivity index (χ3n) is 8.08. The van der Waals surface area contributed by atoms with E-state index in [0.717, 1.165) is 32.4 Å². The lowest BCUT2D eigenvalue weighted by molar-refractivity contribution is -0.906. The van der Waals surface area contributed by atoms with Crippen molar-refractivity contribution in [1.29, 1.82) is 0 Å². The Morgan fingerprint density at radius 3 is 2.83 bits per heavy atom. The third-order valence-corrected chi connectivity index (χ3v) is 8.08. The molecule has 7 heteroatoms. The lowest BCUT2D eigenvalue weighted by atomic mass is 9.55. The van der Waals surface area contributed by atoms with Crippen molar-refractivity contribution in [3.05, 3.63) is 11.6 Å². The lowest BCUT2D eigenvalue weighted by Crippen LogP contribution is -3.15. The van der Waals surface area contributed by atoms with Gasteiger partial charge in [-0.05, 0) is 25.7 Å². The van der Waals surface area contributed by atoms with Crippen LogP contribution in [0.15, 0.2) is 11.6 Å². The topological polar surface area (TPSA) is 80.5 Å². The summed E-state index contributed by atoms with van der Waals surface area (Å²) in [5.41, 5.74) is 1.01. The highest BCUT2D eigenvalue weighted by atomic mass is 16.6. The quantitative estimate of drug-likeness (QED) is 0.530. The summed E-state index contributed by atoms with van der Waals surface area (Å²) < 4.78 is 10.9. The van der Waals surface area contributed by atoms with Gasteiger partial charge in [0.2, 0.25) is 0 Å². The van der Waals surface area contributed by atoms with E-state index in [2.05, 4.69) is 19.9 Å². The molecule has 3 fully saturated rings. The maximum atomic E-state index is 12.8. The molecule has 2 N–H and O–H groups in total. The molecule has 1 saturated carbocycles. The lowest BCUT2D eigenvalue weighted by Gasteiger charge is -2.51. The van der Waals surface area contributed by atoms with Gasteiger partial charge in [0, 0.05) is 17.8 Å². The van der Waals surface area contributed by atoms with Crippen LogP contribution in [0.4, 0.5) is 4.79 Å². The van der Waals surface area contributed by atoms with Gasteiger partial charge in [0.15, 0.2) is 0 Å². The first-order chi connectivity index (χ1) is 13.9. The van der Waals surface area contributed by atoms with Crippen LogP contribution in [0.3, 0.4) is 0 Å². The molecule has 0 radical (unpaired) electrons. The molecule has 162 valence electrons. The number of fused-ring (bicyclic) bond motifs is 2. The van der Waals surface area contributed by atoms with Gasteiger partial charge in [0.25, 0.3) is 0 Å². The molecule has 0 aromatic carbocycles. The average molecular weight is 408 g/mol. The molecule has 2 heterocycles. The van der Waals surface area contributed by atoms with Crippen LogP contribution < -0.4 is 4.90 Å². The number of hydrogen-bond acceptors (Lipinski definition) is 5. The first-order valence-corrected chi connectivity index (χ1v) is 11.2. The Morgan fingerprint density at radius 2 is 2.14 bits per heavy atom. The number of hydrogen-bond donors (Lipinski definition) is 2. The van der Waals surface area contributed by atoms with Gasteiger partial charge in [-0.3, -0.25) is 9.69 Å². The summed E-state index contributed by atoms with van der Waals surface area (Å²) in [4.78, 5) is 27.7. The van der Waals surface area contributed by atoms with Crippen molar-refractivity contribution < 1.29 is 29.1 Å². The summed E-state index contributed by atoms with van der Waals surface area (Å²) in [6.07, 6.45) is 4.13. The first-order valence-electron chi connectivity index (χ1n) is 11.2. The Bertz CT molecular complexity index is 687. The van der Waals surface area contributed by atoms with Gasteiger partial charge in [0.05, 0.1) is 45.4 Å². The molecule has 2 aliphatic carbocycles. The summed E-state index contributed by atoms with van der Waals surface area (Å²) in [6.45, 7) is 10.1. The van der Waals surface area contributed by atoms with Gasteiger partial charge in [-0.15, -0.1) is 0 Å². The average Bonchev–Trinajstić information content (AvgIpc) is 3.00. The fourth-order valence-electron chi connectivity index (χ4n) is 6.03. The number of piperazine rings is 1. The number of carbonyl (C=O) groups is 2. The van der Waals surface area contributed by atoms with E-state index in [1.165, 1.54) is 10.5 Å². The van der Waals surface area contributed by atoms with E-state index in [1.807, 2.05) is 6.92 Å². The highest BCUT2D eigenvalue weighted by molar-refractivity contribution is 5.76. The smallest absolute Gasteiger partial charge is 0.410 e. The number of allylic oxidation sites excluding steroid dienone is 1. The minimum Gasteiger partial charge on any atom is -0.461 e. The van der Waals surface area contributed by atoms with Gasteiger partial charge in [-0.2, -0.15) is 0 Å². The first kappa shape index (κ1) is 20.7. The third kappa shape index (κ3) is 3.46. The molecule has 6 atom stereocenters. The van der Waals surface area contributed by atoms with Crippen LogP contribution in [0.1, 0.15) is 40.0 Å². The second kappa shape index (κ2) is 7.91. The normalized spacial score (nSPS) is 40.0. The molecule has 0 bridgehead atoms. The molecule has 7 nitrogen and oxygen atoms in total. The van der Waals surface area contributed by atoms with Crippen molar-refractivity contribution in [2.45, 2.75) is 52.2 Å². The van der Waals surface area contributed by atoms with Gasteiger partial charge in [-0.1, -0.05) is 25.5 Å². The molecule has 0 spiro atoms. The molecule has 2 saturated heterocycles. The zero-order valence-electron chi connectivity index (χ0n) is 17.9. The van der Waals surface area contributed by atoms with E-state index >= 15 is 0 Å². The van der Waals surface area contributed by atoms with Gasteiger partial charge in [-0.25, -0.2) is 4.79 Å². The number of aliphatic hydroxyl groups is 1. The highest BCUT2D eigenvalue weighted by Crippen LogP contribution is 2.55. The van der Waals surface area contributed by atoms with Crippen molar-refractivity contribution in [2.24, 2.45) is 23.2 Å². The van der Waals surface area contributed by atoms with Crippen LogP contribution in [0, 0.1) is 23.2 Å². The Hall–Kier alpha value is -1.60. The number of aliphatic hydroxyl groups excluding tert-OH is 1. The highest BCUT2D eigenvalue weighted by Gasteiger charge is 2.60.